The van der Waals surface area contributed by atoms with Gasteiger partial charge in [0.05, 0.1) is 17.6 Å². The van der Waals surface area contributed by atoms with Crippen molar-refractivity contribution in [1.82, 2.24) is 24.3 Å². The lowest BCUT2D eigenvalue weighted by molar-refractivity contribution is -0.100. The zero-order chi connectivity index (χ0) is 19.6. The van der Waals surface area contributed by atoms with E-state index >= 15 is 0 Å². The third kappa shape index (κ3) is 2.72. The average molecular weight is 409 g/mol. The summed E-state index contributed by atoms with van der Waals surface area (Å²) in [6, 6.07) is 8.20. The second-order valence-corrected chi connectivity index (χ2v) is 9.64. The molecular formula is C22H25ClN6. The molecule has 150 valence electrons. The van der Waals surface area contributed by atoms with Gasteiger partial charge in [0.15, 0.2) is 0 Å². The molecule has 0 unspecified atom stereocenters. The minimum absolute atomic E-state index is 0.154. The van der Waals surface area contributed by atoms with Gasteiger partial charge in [-0.15, -0.1) is 5.10 Å². The highest BCUT2D eigenvalue weighted by Gasteiger charge is 2.69. The van der Waals surface area contributed by atoms with Gasteiger partial charge in [0.25, 0.3) is 0 Å². The van der Waals surface area contributed by atoms with E-state index < -0.39 is 0 Å². The zero-order valence-electron chi connectivity index (χ0n) is 16.6. The Hall–Kier alpha value is -2.34. The van der Waals surface area contributed by atoms with Crippen LogP contribution in [0.2, 0.25) is 5.02 Å². The van der Waals surface area contributed by atoms with E-state index in [9.17, 15) is 0 Å². The number of benzene rings is 1. The molecule has 7 rings (SSSR count). The van der Waals surface area contributed by atoms with Gasteiger partial charge in [-0.1, -0.05) is 30.2 Å². The lowest BCUT2D eigenvalue weighted by Gasteiger charge is -2.70. The van der Waals surface area contributed by atoms with E-state index in [4.69, 9.17) is 21.7 Å². The van der Waals surface area contributed by atoms with Gasteiger partial charge < -0.3 is 9.88 Å². The molecule has 6 nitrogen and oxygen atoms in total. The molecule has 1 N–H and O–H groups in total. The summed E-state index contributed by atoms with van der Waals surface area (Å²) in [5, 5.41) is 9.30. The first-order valence-corrected chi connectivity index (χ1v) is 10.9. The highest BCUT2D eigenvalue weighted by Crippen LogP contribution is 2.66. The van der Waals surface area contributed by atoms with E-state index in [-0.39, 0.29) is 17.0 Å². The number of anilines is 1. The molecule has 4 aliphatic rings. The van der Waals surface area contributed by atoms with Gasteiger partial charge in [-0.3, -0.25) is 0 Å². The fraction of sp³-hybridized carbons (Fsp3) is 0.500. The van der Waals surface area contributed by atoms with E-state index in [0.29, 0.717) is 0 Å². The summed E-state index contributed by atoms with van der Waals surface area (Å²) < 4.78 is 4.42. The second-order valence-electron chi connectivity index (χ2n) is 9.20. The van der Waals surface area contributed by atoms with E-state index in [2.05, 4.69) is 44.8 Å². The molecular weight excluding hydrogens is 384 g/mol. The highest BCUT2D eigenvalue weighted by molar-refractivity contribution is 6.30. The Morgan fingerprint density at radius 3 is 2.66 bits per heavy atom. The molecule has 3 fully saturated rings. The van der Waals surface area contributed by atoms with Crippen LogP contribution in [0.25, 0.3) is 0 Å². The van der Waals surface area contributed by atoms with Crippen molar-refractivity contribution in [1.29, 1.82) is 0 Å². The number of hydrogen-bond donors (Lipinski definition) is 1. The predicted octanol–water partition coefficient (Wildman–Crippen LogP) is 4.50. The van der Waals surface area contributed by atoms with Crippen LogP contribution in [0.5, 0.6) is 0 Å². The maximum atomic E-state index is 6.09. The Morgan fingerprint density at radius 1 is 1.14 bits per heavy atom. The van der Waals surface area contributed by atoms with Crippen molar-refractivity contribution in [2.24, 2.45) is 0 Å². The molecule has 3 aliphatic carbocycles. The number of nitrogens with one attached hydrogen (secondary N) is 1. The van der Waals surface area contributed by atoms with E-state index in [1.54, 1.807) is 0 Å². The lowest BCUT2D eigenvalue weighted by Crippen LogP contribution is -2.75. The van der Waals surface area contributed by atoms with Crippen LogP contribution in [-0.4, -0.2) is 29.9 Å². The third-order valence-corrected chi connectivity index (χ3v) is 7.29. The molecule has 1 aromatic carbocycles. The number of imidazole rings is 1. The molecule has 0 saturated heterocycles. The summed E-state index contributed by atoms with van der Waals surface area (Å²) in [6.45, 7) is 2.99. The highest BCUT2D eigenvalue weighted by atomic mass is 35.5. The van der Waals surface area contributed by atoms with Crippen molar-refractivity contribution >= 4 is 17.5 Å². The number of nitrogens with zero attached hydrogens (tertiary/aromatic N) is 5. The number of fused-ring (bicyclic) bond motifs is 1. The van der Waals surface area contributed by atoms with Gasteiger partial charge in [-0.25, -0.2) is 9.67 Å². The summed E-state index contributed by atoms with van der Waals surface area (Å²) in [5.41, 5.74) is 2.78. The molecule has 1 aliphatic heterocycles. The summed E-state index contributed by atoms with van der Waals surface area (Å²) in [6.07, 6.45) is 11.0. The molecule has 2 aromatic heterocycles. The Balaban J connectivity index is 1.22. The quantitative estimate of drug-likeness (QED) is 0.690. The Kier molecular flexibility index (Phi) is 3.67. The van der Waals surface area contributed by atoms with Gasteiger partial charge in [-0.05, 0) is 56.7 Å². The van der Waals surface area contributed by atoms with E-state index in [1.807, 2.05) is 18.5 Å². The number of aromatic nitrogens is 5. The molecule has 29 heavy (non-hydrogen) atoms. The monoisotopic (exact) mass is 408 g/mol. The largest absolute Gasteiger partial charge is 0.347 e. The van der Waals surface area contributed by atoms with Crippen LogP contribution in [0.1, 0.15) is 61.5 Å². The van der Waals surface area contributed by atoms with Gasteiger partial charge in [0.1, 0.15) is 5.82 Å². The fourth-order valence-corrected chi connectivity index (χ4v) is 5.76. The minimum atomic E-state index is 0.154. The number of rotatable bonds is 4. The van der Waals surface area contributed by atoms with Crippen LogP contribution in [0.4, 0.5) is 5.95 Å². The van der Waals surface area contributed by atoms with Crippen molar-refractivity contribution < 1.29 is 0 Å². The van der Waals surface area contributed by atoms with Crippen molar-refractivity contribution in [2.75, 3.05) is 5.32 Å². The van der Waals surface area contributed by atoms with Crippen LogP contribution in [0, 0.1) is 6.92 Å². The smallest absolute Gasteiger partial charge is 0.242 e. The summed E-state index contributed by atoms with van der Waals surface area (Å²) in [7, 11) is 0. The number of halogens is 1. The minimum Gasteiger partial charge on any atom is -0.347 e. The van der Waals surface area contributed by atoms with Gasteiger partial charge in [0.2, 0.25) is 5.95 Å². The average Bonchev–Trinajstić information content (AvgIpc) is 3.19. The second kappa shape index (κ2) is 6.08. The molecule has 0 spiro atoms. The first-order valence-electron chi connectivity index (χ1n) is 10.5. The number of hydrogen-bond acceptors (Lipinski definition) is 4. The molecule has 3 heterocycles. The topological polar surface area (TPSA) is 60.6 Å². The standard InChI is InChI=1S/C22H25ClN6/c1-15-10-28(14-24-15)22-11-21(12-22,13-22)26-20-25-19-18(4-2-3-9-29(19)27-20)16-5-7-17(23)8-6-16/h5-8,10,14,18H,2-4,9,11-13H2,1H3,(H,26,27)/t18-,21?,22?/m1/s1. The first-order chi connectivity index (χ1) is 14.0. The van der Waals surface area contributed by atoms with Crippen LogP contribution < -0.4 is 5.32 Å². The lowest BCUT2D eigenvalue weighted by atomic mass is 9.44. The normalized spacial score (nSPS) is 30.1. The maximum absolute atomic E-state index is 6.09. The van der Waals surface area contributed by atoms with Crippen molar-refractivity contribution in [3.05, 3.63) is 58.9 Å². The number of aryl methyl sites for hydroxylation is 2. The molecule has 3 saturated carbocycles. The van der Waals surface area contributed by atoms with Crippen molar-refractivity contribution in [3.63, 3.8) is 0 Å². The zero-order valence-corrected chi connectivity index (χ0v) is 17.4. The maximum Gasteiger partial charge on any atom is 0.242 e. The Bertz CT molecular complexity index is 1050. The molecule has 2 bridgehead atoms. The Labute approximate surface area is 175 Å². The van der Waals surface area contributed by atoms with E-state index in [1.165, 1.54) is 12.0 Å². The van der Waals surface area contributed by atoms with Gasteiger partial charge in [-0.2, -0.15) is 4.98 Å². The van der Waals surface area contributed by atoms with Crippen molar-refractivity contribution in [3.8, 4) is 0 Å². The van der Waals surface area contributed by atoms with Crippen molar-refractivity contribution in [2.45, 2.75) is 69.0 Å². The SMILES string of the molecule is Cc1cn(C23CC(Nc4nc5n(n4)CCCC[C@@H]5c4ccc(Cl)cc4)(C2)C3)cn1. The van der Waals surface area contributed by atoms with Crippen LogP contribution >= 0.6 is 11.6 Å². The molecule has 0 amide bonds. The first kappa shape index (κ1) is 17.5. The van der Waals surface area contributed by atoms with Crippen LogP contribution in [-0.2, 0) is 12.1 Å². The van der Waals surface area contributed by atoms with Crippen LogP contribution in [0.15, 0.2) is 36.8 Å². The molecule has 1 atom stereocenters. The van der Waals surface area contributed by atoms with E-state index in [0.717, 1.165) is 61.1 Å². The van der Waals surface area contributed by atoms with Gasteiger partial charge in [0, 0.05) is 29.2 Å². The molecule has 0 radical (unpaired) electrons. The summed E-state index contributed by atoms with van der Waals surface area (Å²) in [5.74, 6) is 2.15. The fourth-order valence-electron chi connectivity index (χ4n) is 5.64. The molecule has 7 heteroatoms. The van der Waals surface area contributed by atoms with Crippen LogP contribution in [0.3, 0.4) is 0 Å². The summed E-state index contributed by atoms with van der Waals surface area (Å²) in [4.78, 5) is 9.37. The summed E-state index contributed by atoms with van der Waals surface area (Å²) >= 11 is 6.09. The third-order valence-electron chi connectivity index (χ3n) is 7.04. The van der Waals surface area contributed by atoms with Gasteiger partial charge >= 0.3 is 0 Å². The Morgan fingerprint density at radius 2 is 1.93 bits per heavy atom. The molecule has 3 aromatic rings. The predicted molar refractivity (Wildman–Crippen MR) is 112 cm³/mol.